The minimum absolute atomic E-state index is 0.0578. The van der Waals surface area contributed by atoms with E-state index in [9.17, 15) is 4.79 Å². The molecule has 92 valence electrons. The monoisotopic (exact) mass is 243 g/mol. The van der Waals surface area contributed by atoms with Crippen LogP contribution in [0.1, 0.15) is 21.6 Å². The maximum atomic E-state index is 10.8. The summed E-state index contributed by atoms with van der Waals surface area (Å²) in [5.74, 6) is -0.219. The second-order valence-electron chi connectivity index (χ2n) is 3.84. The van der Waals surface area contributed by atoms with Crippen molar-refractivity contribution < 1.29 is 14.6 Å². The number of methoxy groups -OCH3 is 1. The Labute approximate surface area is 105 Å². The Balaban J connectivity index is 2.28. The molecule has 1 aromatic heterocycles. The van der Waals surface area contributed by atoms with Gasteiger partial charge >= 0.3 is 5.97 Å². The maximum Gasteiger partial charge on any atom is 0.354 e. The predicted octanol–water partition coefficient (Wildman–Crippen LogP) is 2.38. The third-order valence-corrected chi connectivity index (χ3v) is 2.63. The Hall–Kier alpha value is -2.36. The number of rotatable bonds is 4. The third-order valence-electron chi connectivity index (χ3n) is 2.63. The normalized spacial score (nSPS) is 10.1. The summed E-state index contributed by atoms with van der Waals surface area (Å²) in [7, 11) is 1.62. The molecule has 18 heavy (non-hydrogen) atoms. The summed E-state index contributed by atoms with van der Waals surface area (Å²) in [4.78, 5) is 14.6. The molecule has 0 radical (unpaired) electrons. The number of carbonyl (C=O) groups is 1. The SMILES string of the molecule is COc1ccccc1Cc1ccnc(C(=O)O)c1. The number of nitrogens with zero attached hydrogens (tertiary/aromatic N) is 1. The molecule has 2 rings (SSSR count). The van der Waals surface area contributed by atoms with Gasteiger partial charge in [-0.05, 0) is 29.3 Å². The van der Waals surface area contributed by atoms with Crippen LogP contribution in [0.2, 0.25) is 0 Å². The molecule has 0 unspecified atom stereocenters. The van der Waals surface area contributed by atoms with Gasteiger partial charge in [-0.15, -0.1) is 0 Å². The van der Waals surface area contributed by atoms with Crippen LogP contribution in [0.25, 0.3) is 0 Å². The first kappa shape index (κ1) is 12.1. The molecule has 1 N–H and O–H groups in total. The number of carboxylic acid groups (broad SMARTS) is 1. The fourth-order valence-corrected chi connectivity index (χ4v) is 1.77. The highest BCUT2D eigenvalue weighted by atomic mass is 16.5. The van der Waals surface area contributed by atoms with Crippen molar-refractivity contribution in [3.8, 4) is 5.75 Å². The Morgan fingerprint density at radius 3 is 2.83 bits per heavy atom. The molecule has 0 saturated heterocycles. The van der Waals surface area contributed by atoms with E-state index in [1.165, 1.54) is 6.20 Å². The lowest BCUT2D eigenvalue weighted by Crippen LogP contribution is -2.01. The summed E-state index contributed by atoms with van der Waals surface area (Å²) in [5, 5.41) is 8.89. The summed E-state index contributed by atoms with van der Waals surface area (Å²) in [6.45, 7) is 0. The van der Waals surface area contributed by atoms with Crippen LogP contribution in [0.3, 0.4) is 0 Å². The lowest BCUT2D eigenvalue weighted by atomic mass is 10.0. The summed E-state index contributed by atoms with van der Waals surface area (Å²) in [6.07, 6.45) is 2.13. The summed E-state index contributed by atoms with van der Waals surface area (Å²) >= 11 is 0. The van der Waals surface area contributed by atoms with Gasteiger partial charge in [0, 0.05) is 12.6 Å². The van der Waals surface area contributed by atoms with Gasteiger partial charge < -0.3 is 9.84 Å². The molecular weight excluding hydrogens is 230 g/mol. The van der Waals surface area contributed by atoms with Crippen molar-refractivity contribution in [2.75, 3.05) is 7.11 Å². The number of carboxylic acids is 1. The number of pyridine rings is 1. The molecule has 0 spiro atoms. The van der Waals surface area contributed by atoms with Gasteiger partial charge in [0.2, 0.25) is 0 Å². The second kappa shape index (κ2) is 5.31. The molecule has 0 amide bonds. The van der Waals surface area contributed by atoms with Crippen molar-refractivity contribution >= 4 is 5.97 Å². The third kappa shape index (κ3) is 2.66. The minimum Gasteiger partial charge on any atom is -0.496 e. The number of hydrogen-bond acceptors (Lipinski definition) is 3. The molecule has 4 nitrogen and oxygen atoms in total. The van der Waals surface area contributed by atoms with Gasteiger partial charge in [-0.3, -0.25) is 0 Å². The van der Waals surface area contributed by atoms with E-state index in [1.807, 2.05) is 24.3 Å². The van der Waals surface area contributed by atoms with E-state index in [1.54, 1.807) is 19.2 Å². The zero-order valence-electron chi connectivity index (χ0n) is 9.96. The number of aromatic nitrogens is 1. The van der Waals surface area contributed by atoms with Gasteiger partial charge in [-0.25, -0.2) is 9.78 Å². The van der Waals surface area contributed by atoms with Crippen molar-refractivity contribution in [1.82, 2.24) is 4.98 Å². The number of aromatic carboxylic acids is 1. The molecule has 4 heteroatoms. The molecular formula is C14H13NO3. The van der Waals surface area contributed by atoms with Gasteiger partial charge in [-0.2, -0.15) is 0 Å². The highest BCUT2D eigenvalue weighted by Gasteiger charge is 2.07. The number of para-hydroxylation sites is 1. The van der Waals surface area contributed by atoms with Gasteiger partial charge in [-0.1, -0.05) is 18.2 Å². The largest absolute Gasteiger partial charge is 0.496 e. The van der Waals surface area contributed by atoms with Crippen LogP contribution in [-0.2, 0) is 6.42 Å². The number of hydrogen-bond donors (Lipinski definition) is 1. The zero-order chi connectivity index (χ0) is 13.0. The van der Waals surface area contributed by atoms with Crippen molar-refractivity contribution in [2.45, 2.75) is 6.42 Å². The van der Waals surface area contributed by atoms with E-state index < -0.39 is 5.97 Å². The van der Waals surface area contributed by atoms with E-state index in [0.717, 1.165) is 16.9 Å². The molecule has 1 aromatic carbocycles. The maximum absolute atomic E-state index is 10.8. The molecule has 1 heterocycles. The summed E-state index contributed by atoms with van der Waals surface area (Å²) < 4.78 is 5.26. The number of benzene rings is 1. The molecule has 0 saturated carbocycles. The van der Waals surface area contributed by atoms with Crippen molar-refractivity contribution in [2.24, 2.45) is 0 Å². The molecule has 0 aliphatic heterocycles. The molecule has 2 aromatic rings. The van der Waals surface area contributed by atoms with E-state index in [2.05, 4.69) is 4.98 Å². The van der Waals surface area contributed by atoms with Gasteiger partial charge in [0.1, 0.15) is 11.4 Å². The van der Waals surface area contributed by atoms with Crippen molar-refractivity contribution in [3.05, 3.63) is 59.4 Å². The van der Waals surface area contributed by atoms with E-state index in [-0.39, 0.29) is 5.69 Å². The highest BCUT2D eigenvalue weighted by Crippen LogP contribution is 2.20. The number of ether oxygens (including phenoxy) is 1. The van der Waals surface area contributed by atoms with Crippen molar-refractivity contribution in [1.29, 1.82) is 0 Å². The highest BCUT2D eigenvalue weighted by molar-refractivity contribution is 5.85. The average molecular weight is 243 g/mol. The minimum atomic E-state index is -1.02. The Morgan fingerprint density at radius 2 is 2.11 bits per heavy atom. The molecule has 0 aliphatic rings. The Morgan fingerprint density at radius 1 is 1.33 bits per heavy atom. The van der Waals surface area contributed by atoms with Crippen LogP contribution in [-0.4, -0.2) is 23.2 Å². The van der Waals surface area contributed by atoms with Crippen LogP contribution in [0.4, 0.5) is 0 Å². The van der Waals surface area contributed by atoms with Gasteiger partial charge in [0.25, 0.3) is 0 Å². The standard InChI is InChI=1S/C14H13NO3/c1-18-13-5-3-2-4-11(13)8-10-6-7-15-12(9-10)14(16)17/h2-7,9H,8H2,1H3,(H,16,17). The van der Waals surface area contributed by atoms with Crippen LogP contribution < -0.4 is 4.74 Å². The summed E-state index contributed by atoms with van der Waals surface area (Å²) in [6, 6.07) is 11.1. The van der Waals surface area contributed by atoms with Crippen LogP contribution in [0, 0.1) is 0 Å². The van der Waals surface area contributed by atoms with Crippen LogP contribution >= 0.6 is 0 Å². The van der Waals surface area contributed by atoms with Gasteiger partial charge in [0.15, 0.2) is 0 Å². The van der Waals surface area contributed by atoms with Crippen LogP contribution in [0.15, 0.2) is 42.6 Å². The average Bonchev–Trinajstić information content (AvgIpc) is 2.39. The van der Waals surface area contributed by atoms with E-state index in [0.29, 0.717) is 6.42 Å². The molecule has 0 aliphatic carbocycles. The Bertz CT molecular complexity index is 566. The quantitative estimate of drug-likeness (QED) is 0.895. The van der Waals surface area contributed by atoms with E-state index in [4.69, 9.17) is 9.84 Å². The predicted molar refractivity (Wildman–Crippen MR) is 67.0 cm³/mol. The first-order chi connectivity index (χ1) is 8.70. The van der Waals surface area contributed by atoms with E-state index >= 15 is 0 Å². The topological polar surface area (TPSA) is 59.4 Å². The zero-order valence-corrected chi connectivity index (χ0v) is 9.96. The van der Waals surface area contributed by atoms with Crippen LogP contribution in [0.5, 0.6) is 5.75 Å². The lowest BCUT2D eigenvalue weighted by molar-refractivity contribution is 0.0690. The first-order valence-corrected chi connectivity index (χ1v) is 5.51. The Kier molecular flexibility index (Phi) is 3.57. The second-order valence-corrected chi connectivity index (χ2v) is 3.84. The molecule has 0 fully saturated rings. The summed E-state index contributed by atoms with van der Waals surface area (Å²) in [5.41, 5.74) is 1.97. The smallest absolute Gasteiger partial charge is 0.354 e. The van der Waals surface area contributed by atoms with Crippen molar-refractivity contribution in [3.63, 3.8) is 0 Å². The lowest BCUT2D eigenvalue weighted by Gasteiger charge is -2.08. The van der Waals surface area contributed by atoms with Gasteiger partial charge in [0.05, 0.1) is 7.11 Å². The molecule has 0 bridgehead atoms. The fourth-order valence-electron chi connectivity index (χ4n) is 1.77. The first-order valence-electron chi connectivity index (χ1n) is 5.51. The molecule has 0 atom stereocenters. The fraction of sp³-hybridized carbons (Fsp3) is 0.143.